The fourth-order valence-electron chi connectivity index (χ4n) is 2.87. The van der Waals surface area contributed by atoms with Crippen molar-refractivity contribution in [3.05, 3.63) is 30.3 Å². The van der Waals surface area contributed by atoms with Crippen LogP contribution in [0.5, 0.6) is 0 Å². The van der Waals surface area contributed by atoms with Gasteiger partial charge in [0.05, 0.1) is 0 Å². The highest BCUT2D eigenvalue weighted by atomic mass is 32.2. The molecular formula is C18H33F3O3SSi. The number of benzene rings is 1. The highest BCUT2D eigenvalue weighted by molar-refractivity contribution is 7.98. The zero-order valence-corrected chi connectivity index (χ0v) is 18.6. The van der Waals surface area contributed by atoms with Crippen LogP contribution < -0.4 is 0 Å². The standard InChI is InChI=1S/C9H22Si.C7H8S.C2HF3O2.H2O/c1-7(2)10(8(3)4)9(5)6;1-8-7-5-3-2-4-6-7;3-2(4,5)1(6)7;/h7-10H,1-6H3;2-6H,1H3;(H,6,7);1H2. The predicted molar refractivity (Wildman–Crippen MR) is 108 cm³/mol. The largest absolute Gasteiger partial charge is 0.490 e. The van der Waals surface area contributed by atoms with Crippen molar-refractivity contribution in [3.8, 4) is 0 Å². The van der Waals surface area contributed by atoms with Crippen molar-refractivity contribution in [2.45, 2.75) is 69.2 Å². The lowest BCUT2D eigenvalue weighted by Crippen LogP contribution is -2.24. The minimum atomic E-state index is -5.08. The molecule has 3 nitrogen and oxygen atoms in total. The number of rotatable bonds is 4. The summed E-state index contributed by atoms with van der Waals surface area (Å²) in [5.41, 5.74) is 2.92. The second kappa shape index (κ2) is 15.1. The van der Waals surface area contributed by atoms with Crippen LogP contribution in [0.1, 0.15) is 41.5 Å². The topological polar surface area (TPSA) is 68.8 Å². The molecule has 0 aliphatic heterocycles. The van der Waals surface area contributed by atoms with Gasteiger partial charge in [-0.3, -0.25) is 0 Å². The second-order valence-electron chi connectivity index (χ2n) is 6.63. The predicted octanol–water partition coefficient (Wildman–Crippen LogP) is 5.66. The quantitative estimate of drug-likeness (QED) is 0.510. The number of carboxylic acids is 1. The van der Waals surface area contributed by atoms with E-state index in [0.29, 0.717) is 0 Å². The summed E-state index contributed by atoms with van der Waals surface area (Å²) >= 11 is 1.77. The number of carboxylic acid groups (broad SMARTS) is 1. The number of aliphatic carboxylic acids is 1. The number of alkyl halides is 3. The highest BCUT2D eigenvalue weighted by Gasteiger charge is 2.38. The van der Waals surface area contributed by atoms with E-state index in [1.165, 1.54) is 4.90 Å². The molecule has 26 heavy (non-hydrogen) atoms. The van der Waals surface area contributed by atoms with Crippen molar-refractivity contribution in [3.63, 3.8) is 0 Å². The summed E-state index contributed by atoms with van der Waals surface area (Å²) in [4.78, 5) is 10.2. The Morgan fingerprint density at radius 3 is 1.38 bits per heavy atom. The smallest absolute Gasteiger partial charge is 0.475 e. The molecular weight excluding hydrogens is 381 g/mol. The van der Waals surface area contributed by atoms with Gasteiger partial charge in [-0.1, -0.05) is 76.4 Å². The Morgan fingerprint density at radius 1 is 0.962 bits per heavy atom. The normalized spacial score (nSPS) is 10.7. The molecule has 0 fully saturated rings. The average Bonchev–Trinajstić information content (AvgIpc) is 2.47. The van der Waals surface area contributed by atoms with E-state index in [4.69, 9.17) is 9.90 Å². The van der Waals surface area contributed by atoms with Crippen LogP contribution in [0.15, 0.2) is 35.2 Å². The van der Waals surface area contributed by atoms with Crippen LogP contribution in [0.25, 0.3) is 0 Å². The molecule has 0 spiro atoms. The molecule has 0 saturated heterocycles. The lowest BCUT2D eigenvalue weighted by molar-refractivity contribution is -0.192. The Labute approximate surface area is 161 Å². The maximum absolute atomic E-state index is 10.6. The van der Waals surface area contributed by atoms with Crippen molar-refractivity contribution < 1.29 is 28.5 Å². The molecule has 1 rings (SSSR count). The maximum atomic E-state index is 10.6. The zero-order chi connectivity index (χ0) is 20.2. The second-order valence-corrected chi connectivity index (χ2v) is 12.7. The average molecular weight is 415 g/mol. The van der Waals surface area contributed by atoms with Crippen LogP contribution in [0, 0.1) is 0 Å². The lowest BCUT2D eigenvalue weighted by atomic mass is 10.4. The molecule has 0 aliphatic carbocycles. The molecule has 154 valence electrons. The van der Waals surface area contributed by atoms with Crippen LogP contribution >= 0.6 is 11.8 Å². The Bertz CT molecular complexity index is 447. The number of halogens is 3. The third-order valence-electron chi connectivity index (χ3n) is 3.53. The Morgan fingerprint density at radius 2 is 1.27 bits per heavy atom. The van der Waals surface area contributed by atoms with E-state index < -0.39 is 20.9 Å². The van der Waals surface area contributed by atoms with Crippen molar-refractivity contribution in [1.29, 1.82) is 0 Å². The van der Waals surface area contributed by atoms with Crippen LogP contribution in [0.3, 0.4) is 0 Å². The molecule has 0 bridgehead atoms. The van der Waals surface area contributed by atoms with Crippen LogP contribution in [-0.4, -0.2) is 37.8 Å². The van der Waals surface area contributed by atoms with Crippen molar-refractivity contribution in [1.82, 2.24) is 0 Å². The molecule has 0 amide bonds. The van der Waals surface area contributed by atoms with E-state index in [0.717, 1.165) is 16.6 Å². The fraction of sp³-hybridized carbons (Fsp3) is 0.611. The Kier molecular flexibility index (Phi) is 17.3. The summed E-state index contributed by atoms with van der Waals surface area (Å²) in [5, 5.41) is 7.12. The van der Waals surface area contributed by atoms with Gasteiger partial charge in [0.1, 0.15) is 0 Å². The fourth-order valence-corrected chi connectivity index (χ4v) is 7.91. The number of hydrogen-bond acceptors (Lipinski definition) is 2. The molecule has 0 aromatic heterocycles. The van der Waals surface area contributed by atoms with E-state index in [2.05, 4.69) is 59.9 Å². The molecule has 8 heteroatoms. The Balaban J connectivity index is -0.000000304. The summed E-state index contributed by atoms with van der Waals surface area (Å²) in [6.07, 6.45) is -3.00. The van der Waals surface area contributed by atoms with Gasteiger partial charge in [-0.05, 0) is 18.4 Å². The Hall–Kier alpha value is -0.993. The third-order valence-corrected chi connectivity index (χ3v) is 8.89. The first-order valence-electron chi connectivity index (χ1n) is 8.23. The van der Waals surface area contributed by atoms with Crippen LogP contribution in [0.2, 0.25) is 16.6 Å². The molecule has 0 radical (unpaired) electrons. The van der Waals surface area contributed by atoms with Gasteiger partial charge in [-0.15, -0.1) is 11.8 Å². The minimum absolute atomic E-state index is 0. The van der Waals surface area contributed by atoms with E-state index in [1.807, 2.05) is 18.2 Å². The van der Waals surface area contributed by atoms with E-state index in [-0.39, 0.29) is 5.48 Å². The van der Waals surface area contributed by atoms with Gasteiger partial charge < -0.3 is 10.6 Å². The summed E-state index contributed by atoms with van der Waals surface area (Å²) < 4.78 is 31.7. The molecule has 0 atom stereocenters. The van der Waals surface area contributed by atoms with Gasteiger partial charge in [0.2, 0.25) is 0 Å². The molecule has 0 saturated carbocycles. The zero-order valence-electron chi connectivity index (χ0n) is 16.6. The first-order valence-corrected chi connectivity index (χ1v) is 11.5. The lowest BCUT2D eigenvalue weighted by Gasteiger charge is -2.26. The number of hydrogen-bond donors (Lipinski definition) is 1. The summed E-state index contributed by atoms with van der Waals surface area (Å²) in [6.45, 7) is 14.3. The van der Waals surface area contributed by atoms with Crippen LogP contribution in [0.4, 0.5) is 13.2 Å². The summed E-state index contributed by atoms with van der Waals surface area (Å²) in [6, 6.07) is 10.3. The SMILES string of the molecule is CC(C)[SiH](C(C)C)C(C)C.CSc1ccccc1.O.O=C(O)C(F)(F)F. The minimum Gasteiger partial charge on any atom is -0.475 e. The molecule has 1 aromatic carbocycles. The molecule has 3 N–H and O–H groups in total. The highest BCUT2D eigenvalue weighted by Crippen LogP contribution is 2.29. The van der Waals surface area contributed by atoms with E-state index in [9.17, 15) is 13.2 Å². The number of carbonyl (C=O) groups is 1. The van der Waals surface area contributed by atoms with Gasteiger partial charge in [0, 0.05) is 13.7 Å². The van der Waals surface area contributed by atoms with Crippen molar-refractivity contribution in [2.75, 3.05) is 6.26 Å². The van der Waals surface area contributed by atoms with Crippen LogP contribution in [-0.2, 0) is 4.79 Å². The van der Waals surface area contributed by atoms with Crippen molar-refractivity contribution >= 4 is 26.5 Å². The summed E-state index contributed by atoms with van der Waals surface area (Å²) in [5.74, 6) is -2.76. The van der Waals surface area contributed by atoms with Gasteiger partial charge in [0.25, 0.3) is 0 Å². The molecule has 0 aliphatic rings. The first kappa shape index (κ1) is 29.8. The summed E-state index contributed by atoms with van der Waals surface area (Å²) in [7, 11) is -0.454. The van der Waals surface area contributed by atoms with Crippen molar-refractivity contribution in [2.24, 2.45) is 0 Å². The van der Waals surface area contributed by atoms with Gasteiger partial charge in [-0.2, -0.15) is 13.2 Å². The van der Waals surface area contributed by atoms with Gasteiger partial charge >= 0.3 is 12.1 Å². The van der Waals surface area contributed by atoms with E-state index in [1.54, 1.807) is 11.8 Å². The molecule has 0 unspecified atom stereocenters. The van der Waals surface area contributed by atoms with Gasteiger partial charge in [0.15, 0.2) is 0 Å². The first-order chi connectivity index (χ1) is 11.3. The molecule has 0 heterocycles. The number of thioether (sulfide) groups is 1. The molecule has 1 aromatic rings. The third kappa shape index (κ3) is 15.3. The monoisotopic (exact) mass is 414 g/mol. The van der Waals surface area contributed by atoms with E-state index >= 15 is 0 Å². The van der Waals surface area contributed by atoms with Gasteiger partial charge in [-0.25, -0.2) is 4.79 Å². The maximum Gasteiger partial charge on any atom is 0.490 e.